The lowest BCUT2D eigenvalue weighted by atomic mass is 10.1. The number of methoxy groups -OCH3 is 1. The van der Waals surface area contributed by atoms with E-state index in [0.29, 0.717) is 13.2 Å². The van der Waals surface area contributed by atoms with Gasteiger partial charge in [-0.05, 0) is 50.6 Å². The first-order valence-corrected chi connectivity index (χ1v) is 9.70. The van der Waals surface area contributed by atoms with Crippen molar-refractivity contribution in [3.8, 4) is 11.4 Å². The van der Waals surface area contributed by atoms with E-state index in [2.05, 4.69) is 48.5 Å². The number of hydrogen-bond donors (Lipinski definition) is 1. The van der Waals surface area contributed by atoms with Crippen LogP contribution in [0.25, 0.3) is 5.69 Å². The predicted octanol–water partition coefficient (Wildman–Crippen LogP) is 4.58. The van der Waals surface area contributed by atoms with Gasteiger partial charge in [0.05, 0.1) is 25.6 Å². The summed E-state index contributed by atoms with van der Waals surface area (Å²) >= 11 is 0. The first-order chi connectivity index (χ1) is 13.6. The largest absolute Gasteiger partial charge is 0.496 e. The Labute approximate surface area is 167 Å². The monoisotopic (exact) mass is 379 g/mol. The van der Waals surface area contributed by atoms with Crippen molar-refractivity contribution in [2.24, 2.45) is 0 Å². The fourth-order valence-electron chi connectivity index (χ4n) is 3.32. The minimum atomic E-state index is 0.190. The molecule has 0 amide bonds. The summed E-state index contributed by atoms with van der Waals surface area (Å²) in [7, 11) is 1.69. The van der Waals surface area contributed by atoms with E-state index >= 15 is 0 Å². The quantitative estimate of drug-likeness (QED) is 0.591. The molecule has 0 saturated heterocycles. The maximum absolute atomic E-state index is 5.56. The molecule has 0 radical (unpaired) electrons. The molecule has 0 aliphatic heterocycles. The van der Waals surface area contributed by atoms with Gasteiger partial charge in [-0.3, -0.25) is 0 Å². The number of para-hydroxylation sites is 1. The Morgan fingerprint density at radius 3 is 2.64 bits per heavy atom. The lowest BCUT2D eigenvalue weighted by Crippen LogP contribution is -2.19. The van der Waals surface area contributed by atoms with Gasteiger partial charge >= 0.3 is 0 Å². The second-order valence-corrected chi connectivity index (χ2v) is 6.82. The van der Waals surface area contributed by atoms with Gasteiger partial charge in [-0.2, -0.15) is 5.10 Å². The van der Waals surface area contributed by atoms with Gasteiger partial charge in [0, 0.05) is 36.0 Å². The van der Waals surface area contributed by atoms with Crippen LogP contribution < -0.4 is 10.1 Å². The molecule has 1 N–H and O–H groups in total. The highest BCUT2D eigenvalue weighted by molar-refractivity contribution is 5.37. The lowest BCUT2D eigenvalue weighted by Gasteiger charge is -2.16. The molecule has 1 heterocycles. The molecular formula is C23H29N3O2. The maximum Gasteiger partial charge on any atom is 0.124 e. The SMILES string of the molecule is CCOCc1cc(CN[C@@H](C)c2cnn(-c3ccccc3)c2C)ccc1OC. The van der Waals surface area contributed by atoms with Crippen LogP contribution in [0.4, 0.5) is 0 Å². The number of nitrogens with one attached hydrogen (secondary N) is 1. The Bertz CT molecular complexity index is 890. The Hall–Kier alpha value is -2.63. The van der Waals surface area contributed by atoms with Crippen molar-refractivity contribution in [3.05, 3.63) is 77.1 Å². The normalized spacial score (nSPS) is 12.1. The Kier molecular flexibility index (Phi) is 6.85. The molecule has 0 fully saturated rings. The van der Waals surface area contributed by atoms with Crippen molar-refractivity contribution >= 4 is 0 Å². The molecule has 0 saturated carbocycles. The van der Waals surface area contributed by atoms with Crippen molar-refractivity contribution in [3.63, 3.8) is 0 Å². The van der Waals surface area contributed by atoms with Gasteiger partial charge < -0.3 is 14.8 Å². The highest BCUT2D eigenvalue weighted by Gasteiger charge is 2.14. The van der Waals surface area contributed by atoms with Crippen LogP contribution in [0.5, 0.6) is 5.75 Å². The summed E-state index contributed by atoms with van der Waals surface area (Å²) in [5, 5.41) is 8.18. The Morgan fingerprint density at radius 1 is 1.14 bits per heavy atom. The third kappa shape index (κ3) is 4.61. The average Bonchev–Trinajstić information content (AvgIpc) is 3.12. The molecule has 0 unspecified atom stereocenters. The number of hydrogen-bond acceptors (Lipinski definition) is 4. The molecule has 28 heavy (non-hydrogen) atoms. The first-order valence-electron chi connectivity index (χ1n) is 9.70. The van der Waals surface area contributed by atoms with E-state index in [1.807, 2.05) is 42.1 Å². The Balaban J connectivity index is 1.69. The fourth-order valence-corrected chi connectivity index (χ4v) is 3.32. The van der Waals surface area contributed by atoms with Gasteiger partial charge in [0.15, 0.2) is 0 Å². The fraction of sp³-hybridized carbons (Fsp3) is 0.348. The molecule has 2 aromatic carbocycles. The van der Waals surface area contributed by atoms with E-state index in [9.17, 15) is 0 Å². The molecule has 3 rings (SSSR count). The van der Waals surface area contributed by atoms with Crippen LogP contribution in [0, 0.1) is 6.92 Å². The van der Waals surface area contributed by atoms with Crippen LogP contribution in [0.15, 0.2) is 54.7 Å². The summed E-state index contributed by atoms with van der Waals surface area (Å²) in [6.07, 6.45) is 1.95. The number of ether oxygens (including phenoxy) is 2. The third-order valence-electron chi connectivity index (χ3n) is 4.93. The summed E-state index contributed by atoms with van der Waals surface area (Å²) in [6, 6.07) is 16.6. The molecule has 1 atom stereocenters. The van der Waals surface area contributed by atoms with Crippen LogP contribution in [0.3, 0.4) is 0 Å². The topological polar surface area (TPSA) is 48.3 Å². The van der Waals surface area contributed by atoms with Gasteiger partial charge in [-0.1, -0.05) is 24.3 Å². The molecule has 5 heteroatoms. The highest BCUT2D eigenvalue weighted by atomic mass is 16.5. The Morgan fingerprint density at radius 2 is 1.93 bits per heavy atom. The van der Waals surface area contributed by atoms with E-state index in [4.69, 9.17) is 9.47 Å². The van der Waals surface area contributed by atoms with Crippen molar-refractivity contribution in [2.75, 3.05) is 13.7 Å². The average molecular weight is 380 g/mol. The molecule has 0 bridgehead atoms. The van der Waals surface area contributed by atoms with Crippen molar-refractivity contribution in [1.29, 1.82) is 0 Å². The maximum atomic E-state index is 5.56. The van der Waals surface area contributed by atoms with E-state index < -0.39 is 0 Å². The predicted molar refractivity (Wildman–Crippen MR) is 112 cm³/mol. The zero-order valence-corrected chi connectivity index (χ0v) is 17.1. The second kappa shape index (κ2) is 9.53. The van der Waals surface area contributed by atoms with Gasteiger partial charge in [0.25, 0.3) is 0 Å². The molecule has 5 nitrogen and oxygen atoms in total. The molecule has 0 spiro atoms. The number of rotatable bonds is 9. The number of nitrogens with zero attached hydrogens (tertiary/aromatic N) is 2. The van der Waals surface area contributed by atoms with Crippen LogP contribution in [-0.4, -0.2) is 23.5 Å². The van der Waals surface area contributed by atoms with Gasteiger partial charge in [-0.25, -0.2) is 4.68 Å². The summed E-state index contributed by atoms with van der Waals surface area (Å²) in [4.78, 5) is 0. The van der Waals surface area contributed by atoms with Crippen LogP contribution in [0.2, 0.25) is 0 Å². The van der Waals surface area contributed by atoms with Gasteiger partial charge in [-0.15, -0.1) is 0 Å². The first kappa shape index (κ1) is 20.1. The zero-order chi connectivity index (χ0) is 19.9. The summed E-state index contributed by atoms with van der Waals surface area (Å²) in [6.45, 7) is 8.29. The second-order valence-electron chi connectivity index (χ2n) is 6.82. The van der Waals surface area contributed by atoms with E-state index in [-0.39, 0.29) is 6.04 Å². The van der Waals surface area contributed by atoms with E-state index in [1.54, 1.807) is 7.11 Å². The molecule has 1 aromatic heterocycles. The van der Waals surface area contributed by atoms with E-state index in [1.165, 1.54) is 11.1 Å². The molecule has 0 aliphatic rings. The zero-order valence-electron chi connectivity index (χ0n) is 17.1. The minimum absolute atomic E-state index is 0.190. The van der Waals surface area contributed by atoms with Gasteiger partial charge in [0.2, 0.25) is 0 Å². The van der Waals surface area contributed by atoms with Crippen LogP contribution >= 0.6 is 0 Å². The third-order valence-corrected chi connectivity index (χ3v) is 4.93. The summed E-state index contributed by atoms with van der Waals surface area (Å²) < 4.78 is 13.0. The smallest absolute Gasteiger partial charge is 0.124 e. The summed E-state index contributed by atoms with van der Waals surface area (Å²) in [5.74, 6) is 0.866. The van der Waals surface area contributed by atoms with Crippen molar-refractivity contribution in [1.82, 2.24) is 15.1 Å². The lowest BCUT2D eigenvalue weighted by molar-refractivity contribution is 0.132. The standard InChI is InChI=1S/C23H29N3O2/c1-5-28-16-20-13-19(11-12-23(20)27-4)14-24-17(2)22-15-25-26(18(22)3)21-9-7-6-8-10-21/h6-13,15,17,24H,5,14,16H2,1-4H3/t17-/m0/s1. The number of benzene rings is 2. The molecule has 0 aliphatic carbocycles. The number of aromatic nitrogens is 2. The molecule has 148 valence electrons. The molecular weight excluding hydrogens is 350 g/mol. The van der Waals surface area contributed by atoms with Gasteiger partial charge in [0.1, 0.15) is 5.75 Å². The van der Waals surface area contributed by atoms with Crippen LogP contribution in [-0.2, 0) is 17.9 Å². The minimum Gasteiger partial charge on any atom is -0.496 e. The highest BCUT2D eigenvalue weighted by Crippen LogP contribution is 2.23. The van der Waals surface area contributed by atoms with Crippen molar-refractivity contribution < 1.29 is 9.47 Å². The van der Waals surface area contributed by atoms with Crippen molar-refractivity contribution in [2.45, 2.75) is 40.0 Å². The van der Waals surface area contributed by atoms with E-state index in [0.717, 1.165) is 29.2 Å². The molecule has 3 aromatic rings. The summed E-state index contributed by atoms with van der Waals surface area (Å²) in [5.41, 5.74) is 5.71. The van der Waals surface area contributed by atoms with Crippen LogP contribution in [0.1, 0.15) is 42.3 Å².